The standard InChI is InChI=1S/C27H34O7/c1-6-8-21-22(11-10-20(18(5)28)24(21)29)32-13-7-14-33-25-15(2)16(3)26-19(17(25)4)9-12-23(34-26)27(30)31/h10-11,23,29H,6-9,12-14H2,1-5H3,(H,30,31). The molecule has 3 rings (SSSR count). The zero-order chi connectivity index (χ0) is 25.0. The van der Waals surface area contributed by atoms with Gasteiger partial charge in [0.1, 0.15) is 23.0 Å². The lowest BCUT2D eigenvalue weighted by molar-refractivity contribution is -0.145. The van der Waals surface area contributed by atoms with Crippen LogP contribution in [0.2, 0.25) is 0 Å². The molecule has 184 valence electrons. The van der Waals surface area contributed by atoms with Crippen LogP contribution < -0.4 is 14.2 Å². The largest absolute Gasteiger partial charge is 0.507 e. The van der Waals surface area contributed by atoms with Gasteiger partial charge in [0, 0.05) is 17.5 Å². The second-order valence-corrected chi connectivity index (χ2v) is 8.79. The third-order valence-electron chi connectivity index (χ3n) is 6.41. The molecule has 0 saturated heterocycles. The van der Waals surface area contributed by atoms with E-state index in [-0.39, 0.29) is 11.5 Å². The van der Waals surface area contributed by atoms with E-state index in [1.807, 2.05) is 27.7 Å². The number of hydrogen-bond donors (Lipinski definition) is 2. The Morgan fingerprint density at radius 3 is 2.44 bits per heavy atom. The Kier molecular flexibility index (Phi) is 8.07. The number of aliphatic carboxylic acids is 1. The number of rotatable bonds is 10. The summed E-state index contributed by atoms with van der Waals surface area (Å²) in [5.41, 5.74) is 4.82. The third kappa shape index (κ3) is 5.13. The number of benzene rings is 2. The second kappa shape index (κ2) is 10.8. The molecule has 0 fully saturated rings. The Morgan fingerprint density at radius 2 is 1.79 bits per heavy atom. The molecule has 1 aliphatic rings. The Bertz CT molecular complexity index is 1090. The lowest BCUT2D eigenvalue weighted by Crippen LogP contribution is -2.31. The fourth-order valence-corrected chi connectivity index (χ4v) is 4.43. The third-order valence-corrected chi connectivity index (χ3v) is 6.41. The number of aromatic hydroxyl groups is 1. The number of carboxylic acids is 1. The highest BCUT2D eigenvalue weighted by Gasteiger charge is 2.30. The summed E-state index contributed by atoms with van der Waals surface area (Å²) >= 11 is 0. The minimum absolute atomic E-state index is 0.00578. The van der Waals surface area contributed by atoms with Crippen LogP contribution >= 0.6 is 0 Å². The molecule has 0 amide bonds. The highest BCUT2D eigenvalue weighted by atomic mass is 16.5. The van der Waals surface area contributed by atoms with Crippen LogP contribution in [0.4, 0.5) is 0 Å². The zero-order valence-corrected chi connectivity index (χ0v) is 20.6. The maximum absolute atomic E-state index is 11.7. The predicted molar refractivity (Wildman–Crippen MR) is 129 cm³/mol. The number of ketones is 1. The van der Waals surface area contributed by atoms with Gasteiger partial charge in [0.05, 0.1) is 18.8 Å². The molecule has 7 heteroatoms. The fraction of sp³-hybridized carbons (Fsp3) is 0.481. The number of phenolic OH excluding ortho intramolecular Hbond substituents is 1. The Balaban J connectivity index is 1.65. The van der Waals surface area contributed by atoms with E-state index in [2.05, 4.69) is 0 Å². The fourth-order valence-electron chi connectivity index (χ4n) is 4.43. The highest BCUT2D eigenvalue weighted by Crippen LogP contribution is 2.41. The van der Waals surface area contributed by atoms with Crippen molar-refractivity contribution in [1.82, 2.24) is 0 Å². The maximum Gasteiger partial charge on any atom is 0.344 e. The molecule has 0 bridgehead atoms. The minimum Gasteiger partial charge on any atom is -0.507 e. The molecule has 0 spiro atoms. The Morgan fingerprint density at radius 1 is 1.09 bits per heavy atom. The van der Waals surface area contributed by atoms with Gasteiger partial charge >= 0.3 is 5.97 Å². The van der Waals surface area contributed by atoms with Crippen LogP contribution in [0.15, 0.2) is 12.1 Å². The van der Waals surface area contributed by atoms with Gasteiger partial charge in [-0.3, -0.25) is 4.79 Å². The van der Waals surface area contributed by atoms with E-state index in [1.54, 1.807) is 12.1 Å². The van der Waals surface area contributed by atoms with Crippen LogP contribution in [-0.4, -0.2) is 41.3 Å². The van der Waals surface area contributed by atoms with Gasteiger partial charge in [-0.2, -0.15) is 0 Å². The van der Waals surface area contributed by atoms with Gasteiger partial charge in [-0.1, -0.05) is 13.3 Å². The summed E-state index contributed by atoms with van der Waals surface area (Å²) in [4.78, 5) is 23.1. The molecule has 1 atom stereocenters. The summed E-state index contributed by atoms with van der Waals surface area (Å²) in [6.07, 6.45) is 2.34. The van der Waals surface area contributed by atoms with Crippen LogP contribution in [0.5, 0.6) is 23.0 Å². The van der Waals surface area contributed by atoms with Crippen molar-refractivity contribution in [2.24, 2.45) is 0 Å². The predicted octanol–water partition coefficient (Wildman–Crippen LogP) is 5.10. The van der Waals surface area contributed by atoms with Crippen LogP contribution in [0.3, 0.4) is 0 Å². The van der Waals surface area contributed by atoms with Gasteiger partial charge in [-0.15, -0.1) is 0 Å². The first-order valence-electron chi connectivity index (χ1n) is 11.8. The van der Waals surface area contributed by atoms with Gasteiger partial charge in [-0.25, -0.2) is 4.79 Å². The van der Waals surface area contributed by atoms with Crippen molar-refractivity contribution in [3.05, 3.63) is 45.5 Å². The first-order valence-corrected chi connectivity index (χ1v) is 11.8. The summed E-state index contributed by atoms with van der Waals surface area (Å²) in [5, 5.41) is 19.8. The quantitative estimate of drug-likeness (QED) is 0.368. The molecule has 2 aromatic rings. The minimum atomic E-state index is -0.938. The normalized spacial score (nSPS) is 14.8. The molecule has 0 aliphatic carbocycles. The number of ether oxygens (including phenoxy) is 3. The summed E-state index contributed by atoms with van der Waals surface area (Å²) in [6.45, 7) is 10.2. The second-order valence-electron chi connectivity index (χ2n) is 8.79. The number of hydrogen-bond acceptors (Lipinski definition) is 6. The number of carboxylic acid groups (broad SMARTS) is 1. The molecule has 34 heavy (non-hydrogen) atoms. The van der Waals surface area contributed by atoms with Gasteiger partial charge in [-0.05, 0) is 75.8 Å². The lowest BCUT2D eigenvalue weighted by Gasteiger charge is -2.29. The molecular weight excluding hydrogens is 436 g/mol. The van der Waals surface area contributed by atoms with Crippen molar-refractivity contribution in [2.75, 3.05) is 13.2 Å². The average molecular weight is 471 g/mol. The molecule has 1 heterocycles. The molecule has 1 unspecified atom stereocenters. The van der Waals surface area contributed by atoms with Gasteiger partial charge < -0.3 is 24.4 Å². The van der Waals surface area contributed by atoms with E-state index in [0.29, 0.717) is 61.5 Å². The molecule has 0 aromatic heterocycles. The van der Waals surface area contributed by atoms with Gasteiger partial charge in [0.15, 0.2) is 11.9 Å². The number of carbonyl (C=O) groups excluding carboxylic acids is 1. The maximum atomic E-state index is 11.7. The zero-order valence-electron chi connectivity index (χ0n) is 20.6. The van der Waals surface area contributed by atoms with Crippen LogP contribution in [-0.2, 0) is 17.6 Å². The summed E-state index contributed by atoms with van der Waals surface area (Å²) in [7, 11) is 0. The summed E-state index contributed by atoms with van der Waals surface area (Å²) in [5.74, 6) is 0.958. The van der Waals surface area contributed by atoms with Crippen molar-refractivity contribution < 1.29 is 34.0 Å². The number of Topliss-reactive ketones (excluding diaryl/α,β-unsaturated/α-hetero) is 1. The van der Waals surface area contributed by atoms with Crippen molar-refractivity contribution in [3.8, 4) is 23.0 Å². The van der Waals surface area contributed by atoms with E-state index in [4.69, 9.17) is 14.2 Å². The Labute approximate surface area is 200 Å². The van der Waals surface area contributed by atoms with Crippen LogP contribution in [0.1, 0.15) is 71.3 Å². The topological polar surface area (TPSA) is 102 Å². The highest BCUT2D eigenvalue weighted by molar-refractivity contribution is 5.97. The number of carbonyl (C=O) groups is 2. The molecular formula is C27H34O7. The van der Waals surface area contributed by atoms with Crippen molar-refractivity contribution in [2.45, 2.75) is 72.8 Å². The van der Waals surface area contributed by atoms with Gasteiger partial charge in [0.2, 0.25) is 0 Å². The molecule has 2 N–H and O–H groups in total. The number of fused-ring (bicyclic) bond motifs is 1. The van der Waals surface area contributed by atoms with E-state index >= 15 is 0 Å². The first-order chi connectivity index (χ1) is 16.2. The van der Waals surface area contributed by atoms with Crippen molar-refractivity contribution >= 4 is 11.8 Å². The van der Waals surface area contributed by atoms with Crippen molar-refractivity contribution in [3.63, 3.8) is 0 Å². The SMILES string of the molecule is CCCc1c(OCCCOc2c(C)c(C)c3c(c2C)CCC(C(=O)O)O3)ccc(C(C)=O)c1O. The monoisotopic (exact) mass is 470 g/mol. The van der Waals surface area contributed by atoms with Gasteiger partial charge in [0.25, 0.3) is 0 Å². The van der Waals surface area contributed by atoms with E-state index in [0.717, 1.165) is 34.4 Å². The Hall–Kier alpha value is -3.22. The molecule has 2 aromatic carbocycles. The lowest BCUT2D eigenvalue weighted by atomic mass is 9.91. The smallest absolute Gasteiger partial charge is 0.344 e. The first kappa shape index (κ1) is 25.4. The molecule has 0 saturated carbocycles. The summed E-state index contributed by atoms with van der Waals surface area (Å²) in [6, 6.07) is 3.34. The van der Waals surface area contributed by atoms with Crippen LogP contribution in [0.25, 0.3) is 0 Å². The molecule has 0 radical (unpaired) electrons. The van der Waals surface area contributed by atoms with E-state index in [1.165, 1.54) is 6.92 Å². The van der Waals surface area contributed by atoms with E-state index in [9.17, 15) is 19.8 Å². The average Bonchev–Trinajstić information content (AvgIpc) is 2.80. The summed E-state index contributed by atoms with van der Waals surface area (Å²) < 4.78 is 17.8. The van der Waals surface area contributed by atoms with E-state index < -0.39 is 12.1 Å². The number of phenols is 1. The molecule has 1 aliphatic heterocycles. The van der Waals surface area contributed by atoms with Crippen molar-refractivity contribution in [1.29, 1.82) is 0 Å². The van der Waals surface area contributed by atoms with Crippen LogP contribution in [0, 0.1) is 20.8 Å². The molecule has 7 nitrogen and oxygen atoms in total.